The molecular formula is C13H20N2O3S2. The summed E-state index contributed by atoms with van der Waals surface area (Å²) < 4.78 is 24.6. The van der Waals surface area contributed by atoms with E-state index in [2.05, 4.69) is 0 Å². The van der Waals surface area contributed by atoms with Crippen LogP contribution in [0.3, 0.4) is 0 Å². The normalized spacial score (nSPS) is 21.1. The summed E-state index contributed by atoms with van der Waals surface area (Å²) in [7, 11) is -3.17. The van der Waals surface area contributed by atoms with Crippen molar-refractivity contribution in [2.75, 3.05) is 25.9 Å². The Balaban J connectivity index is 1.87. The van der Waals surface area contributed by atoms with Gasteiger partial charge >= 0.3 is 0 Å². The highest BCUT2D eigenvalue weighted by Gasteiger charge is 2.31. The fraction of sp³-hybridized carbons (Fsp3) is 0.615. The number of carbonyl (C=O) groups is 1. The van der Waals surface area contributed by atoms with Crippen molar-refractivity contribution in [2.45, 2.75) is 25.8 Å². The molecule has 1 atom stereocenters. The minimum atomic E-state index is -3.17. The van der Waals surface area contributed by atoms with Gasteiger partial charge in [-0.15, -0.1) is 11.3 Å². The molecule has 0 saturated carbocycles. The van der Waals surface area contributed by atoms with Crippen LogP contribution in [-0.4, -0.2) is 55.5 Å². The SMILES string of the molecule is C[C@H]1CN(C(=O)CCc2cccs2)CCN1S(C)(=O)=O. The maximum Gasteiger partial charge on any atom is 0.223 e. The van der Waals surface area contributed by atoms with Gasteiger partial charge in [-0.2, -0.15) is 4.31 Å². The number of aryl methyl sites for hydroxylation is 1. The number of piperazine rings is 1. The van der Waals surface area contributed by atoms with Crippen LogP contribution >= 0.6 is 11.3 Å². The summed E-state index contributed by atoms with van der Waals surface area (Å²) in [5, 5.41) is 2.01. The molecule has 1 fully saturated rings. The number of rotatable bonds is 4. The van der Waals surface area contributed by atoms with Gasteiger partial charge in [0.15, 0.2) is 0 Å². The van der Waals surface area contributed by atoms with Crippen molar-refractivity contribution in [3.63, 3.8) is 0 Å². The second-order valence-electron chi connectivity index (χ2n) is 5.14. The zero-order chi connectivity index (χ0) is 14.8. The topological polar surface area (TPSA) is 57.7 Å². The molecule has 1 amide bonds. The molecule has 112 valence electrons. The molecule has 1 aliphatic rings. The molecule has 0 radical (unpaired) electrons. The molecular weight excluding hydrogens is 296 g/mol. The Labute approximate surface area is 124 Å². The lowest BCUT2D eigenvalue weighted by Crippen LogP contribution is -2.55. The van der Waals surface area contributed by atoms with E-state index in [-0.39, 0.29) is 11.9 Å². The van der Waals surface area contributed by atoms with Crippen molar-refractivity contribution in [3.05, 3.63) is 22.4 Å². The quantitative estimate of drug-likeness (QED) is 0.838. The standard InChI is InChI=1S/C13H20N2O3S2/c1-11-10-14(7-8-15(11)20(2,17)18)13(16)6-5-12-4-3-9-19-12/h3-4,9,11H,5-8,10H2,1-2H3/t11-/m0/s1. The average Bonchev–Trinajstić information content (AvgIpc) is 2.87. The van der Waals surface area contributed by atoms with Crippen LogP contribution in [0.2, 0.25) is 0 Å². The highest BCUT2D eigenvalue weighted by atomic mass is 32.2. The summed E-state index contributed by atoms with van der Waals surface area (Å²) in [5.74, 6) is 0.110. The predicted octanol–water partition coefficient (Wildman–Crippen LogP) is 1.17. The van der Waals surface area contributed by atoms with Crippen LogP contribution in [0, 0.1) is 0 Å². The van der Waals surface area contributed by atoms with Crippen molar-refractivity contribution in [3.8, 4) is 0 Å². The minimum Gasteiger partial charge on any atom is -0.340 e. The molecule has 0 aromatic carbocycles. The second-order valence-corrected chi connectivity index (χ2v) is 8.11. The Bertz CT molecular complexity index is 554. The number of hydrogen-bond acceptors (Lipinski definition) is 4. The molecule has 0 aliphatic carbocycles. The van der Waals surface area contributed by atoms with Crippen molar-refractivity contribution >= 4 is 27.3 Å². The summed E-state index contributed by atoms with van der Waals surface area (Å²) in [5.41, 5.74) is 0. The largest absolute Gasteiger partial charge is 0.340 e. The van der Waals surface area contributed by atoms with E-state index in [4.69, 9.17) is 0 Å². The first-order valence-corrected chi connectivity index (χ1v) is 9.37. The molecule has 1 aliphatic heterocycles. The van der Waals surface area contributed by atoms with Gasteiger partial charge in [-0.3, -0.25) is 4.79 Å². The van der Waals surface area contributed by atoms with E-state index < -0.39 is 10.0 Å². The lowest BCUT2D eigenvalue weighted by molar-refractivity contribution is -0.133. The van der Waals surface area contributed by atoms with Crippen molar-refractivity contribution in [1.82, 2.24) is 9.21 Å². The van der Waals surface area contributed by atoms with Gasteiger partial charge in [0.2, 0.25) is 15.9 Å². The maximum absolute atomic E-state index is 12.2. The lowest BCUT2D eigenvalue weighted by Gasteiger charge is -2.38. The summed E-state index contributed by atoms with van der Waals surface area (Å²) in [6, 6.07) is 3.86. The van der Waals surface area contributed by atoms with Crippen LogP contribution in [0.1, 0.15) is 18.2 Å². The fourth-order valence-electron chi connectivity index (χ4n) is 2.50. The first-order valence-electron chi connectivity index (χ1n) is 6.65. The Kier molecular flexibility index (Phi) is 4.82. The van der Waals surface area contributed by atoms with Gasteiger partial charge in [0.25, 0.3) is 0 Å². The van der Waals surface area contributed by atoms with Gasteiger partial charge in [0.05, 0.1) is 6.26 Å². The first kappa shape index (κ1) is 15.5. The Morgan fingerprint density at radius 3 is 2.75 bits per heavy atom. The van der Waals surface area contributed by atoms with Gasteiger partial charge in [-0.1, -0.05) is 6.07 Å². The number of sulfonamides is 1. The van der Waals surface area contributed by atoms with Crippen molar-refractivity contribution in [2.24, 2.45) is 0 Å². The van der Waals surface area contributed by atoms with Gasteiger partial charge in [0, 0.05) is 37.0 Å². The summed E-state index contributed by atoms with van der Waals surface area (Å²) in [6.45, 7) is 3.21. The first-order chi connectivity index (χ1) is 9.38. The third-order valence-corrected chi connectivity index (χ3v) is 5.84. The monoisotopic (exact) mass is 316 g/mol. The molecule has 2 rings (SSSR count). The van der Waals surface area contributed by atoms with Gasteiger partial charge < -0.3 is 4.90 Å². The van der Waals surface area contributed by atoms with E-state index in [0.29, 0.717) is 26.1 Å². The molecule has 1 saturated heterocycles. The predicted molar refractivity (Wildman–Crippen MR) is 80.2 cm³/mol. The molecule has 1 aromatic rings. The number of thiophene rings is 1. The molecule has 0 N–H and O–H groups in total. The second kappa shape index (κ2) is 6.24. The zero-order valence-corrected chi connectivity index (χ0v) is 13.4. The number of nitrogens with zero attached hydrogens (tertiary/aromatic N) is 2. The van der Waals surface area contributed by atoms with Crippen LogP contribution < -0.4 is 0 Å². The number of hydrogen-bond donors (Lipinski definition) is 0. The van der Waals surface area contributed by atoms with Crippen LogP contribution in [0.4, 0.5) is 0 Å². The fourth-order valence-corrected chi connectivity index (χ4v) is 4.35. The highest BCUT2D eigenvalue weighted by molar-refractivity contribution is 7.88. The maximum atomic E-state index is 12.2. The van der Waals surface area contributed by atoms with Crippen LogP contribution in [0.15, 0.2) is 17.5 Å². The molecule has 0 spiro atoms. The van der Waals surface area contributed by atoms with E-state index in [9.17, 15) is 13.2 Å². The third kappa shape index (κ3) is 3.80. The number of carbonyl (C=O) groups excluding carboxylic acids is 1. The van der Waals surface area contributed by atoms with Crippen molar-refractivity contribution in [1.29, 1.82) is 0 Å². The van der Waals surface area contributed by atoms with Crippen LogP contribution in [0.25, 0.3) is 0 Å². The molecule has 7 heteroatoms. The van der Waals surface area contributed by atoms with Gasteiger partial charge in [-0.05, 0) is 24.8 Å². The lowest BCUT2D eigenvalue weighted by atomic mass is 10.2. The molecule has 2 heterocycles. The summed E-state index contributed by atoms with van der Waals surface area (Å²) in [4.78, 5) is 15.1. The Morgan fingerprint density at radius 1 is 1.45 bits per heavy atom. The third-order valence-electron chi connectivity index (χ3n) is 3.51. The van der Waals surface area contributed by atoms with Gasteiger partial charge in [0.1, 0.15) is 0 Å². The van der Waals surface area contributed by atoms with E-state index in [1.54, 1.807) is 16.2 Å². The molecule has 5 nitrogen and oxygen atoms in total. The van der Waals surface area contributed by atoms with Gasteiger partial charge in [-0.25, -0.2) is 8.42 Å². The van der Waals surface area contributed by atoms with Crippen LogP contribution in [-0.2, 0) is 21.2 Å². The molecule has 20 heavy (non-hydrogen) atoms. The zero-order valence-electron chi connectivity index (χ0n) is 11.8. The molecule has 0 bridgehead atoms. The van der Waals surface area contributed by atoms with E-state index in [1.807, 2.05) is 24.4 Å². The summed E-state index contributed by atoms with van der Waals surface area (Å²) >= 11 is 1.66. The van der Waals surface area contributed by atoms with E-state index in [1.165, 1.54) is 15.4 Å². The number of amides is 1. The van der Waals surface area contributed by atoms with Crippen LogP contribution in [0.5, 0.6) is 0 Å². The summed E-state index contributed by atoms with van der Waals surface area (Å²) in [6.07, 6.45) is 2.47. The van der Waals surface area contributed by atoms with Crippen molar-refractivity contribution < 1.29 is 13.2 Å². The Hall–Kier alpha value is -0.920. The minimum absolute atomic E-state index is 0.110. The van der Waals surface area contributed by atoms with E-state index in [0.717, 1.165) is 6.42 Å². The smallest absolute Gasteiger partial charge is 0.223 e. The molecule has 1 aromatic heterocycles. The average molecular weight is 316 g/mol. The van der Waals surface area contributed by atoms with E-state index >= 15 is 0 Å². The molecule has 0 unspecified atom stereocenters. The highest BCUT2D eigenvalue weighted by Crippen LogP contribution is 2.16. The Morgan fingerprint density at radius 2 is 2.20 bits per heavy atom.